The lowest BCUT2D eigenvalue weighted by atomic mass is 9.95. The molecule has 7 nitrogen and oxygen atoms in total. The number of aryl methyl sites for hydroxylation is 2. The van der Waals surface area contributed by atoms with Gasteiger partial charge in [-0.1, -0.05) is 5.16 Å². The number of rotatable bonds is 5. The summed E-state index contributed by atoms with van der Waals surface area (Å²) >= 11 is 0. The number of aromatic nitrogens is 4. The fourth-order valence-electron chi connectivity index (χ4n) is 3.04. The summed E-state index contributed by atoms with van der Waals surface area (Å²) in [6.07, 6.45) is 6.20. The molecule has 0 saturated carbocycles. The topological polar surface area (TPSA) is 89.9 Å². The number of hydrogen-bond acceptors (Lipinski definition) is 7. The molecular formula is C17H19N5O2. The van der Waals surface area contributed by atoms with Gasteiger partial charge in [0.1, 0.15) is 5.82 Å². The highest BCUT2D eigenvalue weighted by atomic mass is 16.5. The van der Waals surface area contributed by atoms with E-state index < -0.39 is 0 Å². The molecule has 3 aromatic heterocycles. The highest BCUT2D eigenvalue weighted by molar-refractivity contribution is 5.44. The second kappa shape index (κ2) is 6.52. The molecule has 0 amide bonds. The molecule has 0 atom stereocenters. The van der Waals surface area contributed by atoms with Crippen molar-refractivity contribution in [1.82, 2.24) is 25.4 Å². The van der Waals surface area contributed by atoms with E-state index in [9.17, 15) is 0 Å². The smallest absolute Gasteiger partial charge is 0.241 e. The van der Waals surface area contributed by atoms with Crippen LogP contribution in [0.1, 0.15) is 41.5 Å². The minimum absolute atomic E-state index is 0.456. The molecule has 124 valence electrons. The van der Waals surface area contributed by atoms with Crippen LogP contribution in [0.2, 0.25) is 0 Å². The minimum Gasteiger partial charge on any atom is -0.461 e. The Morgan fingerprint density at radius 1 is 1.12 bits per heavy atom. The third-order valence-corrected chi connectivity index (χ3v) is 4.21. The lowest BCUT2D eigenvalue weighted by Crippen LogP contribution is -2.18. The van der Waals surface area contributed by atoms with E-state index in [-0.39, 0.29) is 0 Å². The van der Waals surface area contributed by atoms with Gasteiger partial charge in [-0.3, -0.25) is 0 Å². The summed E-state index contributed by atoms with van der Waals surface area (Å²) in [6, 6.07) is 3.59. The lowest BCUT2D eigenvalue weighted by Gasteiger charge is -2.17. The first-order chi connectivity index (χ1) is 11.8. The van der Waals surface area contributed by atoms with Gasteiger partial charge in [0, 0.05) is 11.4 Å². The molecule has 0 aliphatic heterocycles. The van der Waals surface area contributed by atoms with Crippen molar-refractivity contribution in [3.05, 3.63) is 47.1 Å². The van der Waals surface area contributed by atoms with Crippen molar-refractivity contribution < 1.29 is 8.94 Å². The van der Waals surface area contributed by atoms with Gasteiger partial charge in [0.25, 0.3) is 0 Å². The summed E-state index contributed by atoms with van der Waals surface area (Å²) in [5.41, 5.74) is 3.66. The maximum Gasteiger partial charge on any atom is 0.241 e. The summed E-state index contributed by atoms with van der Waals surface area (Å²) in [4.78, 5) is 13.6. The standard InChI is InChI=1S/C17H19N5O2/c1-11-12-5-2-3-6-13(12)20-15(19-11)9-18-10-16-21-17(22-24-16)14-7-4-8-23-14/h4,7-8,18H,2-3,5-6,9-10H2,1H3. The molecule has 0 radical (unpaired) electrons. The summed E-state index contributed by atoms with van der Waals surface area (Å²) in [7, 11) is 0. The van der Waals surface area contributed by atoms with Crippen molar-refractivity contribution in [1.29, 1.82) is 0 Å². The van der Waals surface area contributed by atoms with E-state index in [1.807, 2.05) is 0 Å². The van der Waals surface area contributed by atoms with Crippen molar-refractivity contribution in [2.75, 3.05) is 0 Å². The molecule has 0 fully saturated rings. The Hall–Kier alpha value is -2.54. The molecule has 1 N–H and O–H groups in total. The van der Waals surface area contributed by atoms with Crippen molar-refractivity contribution >= 4 is 0 Å². The SMILES string of the molecule is Cc1nc(CNCc2nc(-c3ccco3)no2)nc2c1CCCC2. The molecule has 0 unspecified atom stereocenters. The van der Waals surface area contributed by atoms with Crippen LogP contribution in [0, 0.1) is 6.92 Å². The van der Waals surface area contributed by atoms with Crippen molar-refractivity contribution in [2.24, 2.45) is 0 Å². The Balaban J connectivity index is 1.38. The second-order valence-corrected chi connectivity index (χ2v) is 5.95. The van der Waals surface area contributed by atoms with Gasteiger partial charge < -0.3 is 14.3 Å². The van der Waals surface area contributed by atoms with Crippen molar-refractivity contribution in [2.45, 2.75) is 45.7 Å². The van der Waals surface area contributed by atoms with Crippen LogP contribution in [-0.2, 0) is 25.9 Å². The van der Waals surface area contributed by atoms with Gasteiger partial charge in [-0.15, -0.1) is 0 Å². The molecule has 24 heavy (non-hydrogen) atoms. The highest BCUT2D eigenvalue weighted by Crippen LogP contribution is 2.21. The fourth-order valence-corrected chi connectivity index (χ4v) is 3.04. The van der Waals surface area contributed by atoms with Crippen molar-refractivity contribution in [3.63, 3.8) is 0 Å². The van der Waals surface area contributed by atoms with Gasteiger partial charge in [0.15, 0.2) is 5.76 Å². The molecule has 7 heteroatoms. The zero-order valence-electron chi connectivity index (χ0n) is 13.6. The third kappa shape index (κ3) is 3.07. The van der Waals surface area contributed by atoms with Crippen LogP contribution in [0.5, 0.6) is 0 Å². The van der Waals surface area contributed by atoms with E-state index in [1.54, 1.807) is 18.4 Å². The van der Waals surface area contributed by atoms with Crippen LogP contribution in [0.4, 0.5) is 0 Å². The van der Waals surface area contributed by atoms with E-state index in [0.717, 1.165) is 24.4 Å². The minimum atomic E-state index is 0.456. The number of nitrogens with zero attached hydrogens (tertiary/aromatic N) is 4. The van der Waals surface area contributed by atoms with Crippen LogP contribution in [0.3, 0.4) is 0 Å². The number of furan rings is 1. The molecule has 0 aromatic carbocycles. The Bertz CT molecular complexity index is 826. The normalized spacial score (nSPS) is 13.9. The van der Waals surface area contributed by atoms with E-state index in [1.165, 1.54) is 24.1 Å². The Kier molecular flexibility index (Phi) is 4.08. The molecular weight excluding hydrogens is 306 g/mol. The van der Waals surface area contributed by atoms with E-state index in [0.29, 0.717) is 30.6 Å². The number of hydrogen-bond donors (Lipinski definition) is 1. The molecule has 0 spiro atoms. The van der Waals surface area contributed by atoms with Crippen molar-refractivity contribution in [3.8, 4) is 11.6 Å². The average Bonchev–Trinajstić information content (AvgIpc) is 3.26. The van der Waals surface area contributed by atoms with Gasteiger partial charge in [-0.2, -0.15) is 4.98 Å². The predicted molar refractivity (Wildman–Crippen MR) is 86.0 cm³/mol. The summed E-state index contributed by atoms with van der Waals surface area (Å²) in [5, 5.41) is 7.16. The summed E-state index contributed by atoms with van der Waals surface area (Å²) in [5.74, 6) is 2.38. The number of nitrogens with one attached hydrogen (secondary N) is 1. The Morgan fingerprint density at radius 2 is 2.04 bits per heavy atom. The monoisotopic (exact) mass is 325 g/mol. The maximum absolute atomic E-state index is 5.25. The van der Waals surface area contributed by atoms with Gasteiger partial charge >= 0.3 is 0 Å². The van der Waals surface area contributed by atoms with E-state index >= 15 is 0 Å². The van der Waals surface area contributed by atoms with Crippen LogP contribution in [0.25, 0.3) is 11.6 Å². The zero-order chi connectivity index (χ0) is 16.4. The predicted octanol–water partition coefficient (Wildman–Crippen LogP) is 2.60. The van der Waals surface area contributed by atoms with Crippen LogP contribution < -0.4 is 5.32 Å². The Morgan fingerprint density at radius 3 is 2.92 bits per heavy atom. The third-order valence-electron chi connectivity index (χ3n) is 4.21. The lowest BCUT2D eigenvalue weighted by molar-refractivity contribution is 0.366. The molecule has 0 bridgehead atoms. The zero-order valence-corrected chi connectivity index (χ0v) is 13.6. The molecule has 1 aliphatic carbocycles. The summed E-state index contributed by atoms with van der Waals surface area (Å²) < 4.78 is 10.5. The first-order valence-corrected chi connectivity index (χ1v) is 8.22. The van der Waals surface area contributed by atoms with E-state index in [2.05, 4.69) is 27.4 Å². The first kappa shape index (κ1) is 15.0. The highest BCUT2D eigenvalue weighted by Gasteiger charge is 2.15. The Labute approximate surface area is 139 Å². The quantitative estimate of drug-likeness (QED) is 0.771. The van der Waals surface area contributed by atoms with Gasteiger partial charge in [0.2, 0.25) is 11.7 Å². The average molecular weight is 325 g/mol. The fraction of sp³-hybridized carbons (Fsp3) is 0.412. The molecule has 4 rings (SSSR count). The maximum atomic E-state index is 5.25. The largest absolute Gasteiger partial charge is 0.461 e. The number of fused-ring (bicyclic) bond motifs is 1. The molecule has 3 heterocycles. The first-order valence-electron chi connectivity index (χ1n) is 8.22. The second-order valence-electron chi connectivity index (χ2n) is 5.95. The van der Waals surface area contributed by atoms with Crippen LogP contribution >= 0.6 is 0 Å². The van der Waals surface area contributed by atoms with Gasteiger partial charge in [0.05, 0.1) is 19.4 Å². The molecule has 3 aromatic rings. The molecule has 1 aliphatic rings. The summed E-state index contributed by atoms with van der Waals surface area (Å²) in [6.45, 7) is 3.11. The van der Waals surface area contributed by atoms with Gasteiger partial charge in [-0.25, -0.2) is 9.97 Å². The molecule has 0 saturated heterocycles. The van der Waals surface area contributed by atoms with E-state index in [4.69, 9.17) is 13.9 Å². The van der Waals surface area contributed by atoms with Crippen LogP contribution in [0.15, 0.2) is 27.3 Å². The van der Waals surface area contributed by atoms with Gasteiger partial charge in [-0.05, 0) is 50.3 Å². The van der Waals surface area contributed by atoms with Crippen LogP contribution in [-0.4, -0.2) is 20.1 Å².